The van der Waals surface area contributed by atoms with E-state index >= 15 is 0 Å². The van der Waals surface area contributed by atoms with Gasteiger partial charge in [-0.2, -0.15) is 0 Å². The summed E-state index contributed by atoms with van der Waals surface area (Å²) < 4.78 is 21.2. The fourth-order valence-corrected chi connectivity index (χ4v) is 24.8. The van der Waals surface area contributed by atoms with Gasteiger partial charge in [0, 0.05) is 0 Å². The number of carboxylic acid groups (broad SMARTS) is 2. The number of ether oxygens (including phenoxy) is 4. The summed E-state index contributed by atoms with van der Waals surface area (Å²) in [6.45, 7) is 13.7. The summed E-state index contributed by atoms with van der Waals surface area (Å²) in [6, 6.07) is 0. The maximum Gasteiger partial charge on any atom is 0.317 e. The lowest BCUT2D eigenvalue weighted by Gasteiger charge is -2.48. The monoisotopic (exact) mass is 997 g/mol. The number of carbonyl (C=O) groups is 8. The molecule has 0 aromatic rings. The van der Waals surface area contributed by atoms with Crippen molar-refractivity contribution in [3.63, 3.8) is 0 Å². The van der Waals surface area contributed by atoms with Crippen molar-refractivity contribution in [1.29, 1.82) is 0 Å². The molecule has 14 rings (SSSR count). The van der Waals surface area contributed by atoms with Gasteiger partial charge in [-0.25, -0.2) is 0 Å². The third-order valence-corrected chi connectivity index (χ3v) is 26.2. The van der Waals surface area contributed by atoms with Gasteiger partial charge >= 0.3 is 47.8 Å². The summed E-state index contributed by atoms with van der Waals surface area (Å²) in [7, 11) is 2.80. The van der Waals surface area contributed by atoms with E-state index < -0.39 is 41.5 Å². The predicted octanol–water partition coefficient (Wildman–Crippen LogP) is 7.01. The van der Waals surface area contributed by atoms with Crippen LogP contribution in [0.4, 0.5) is 0 Å². The zero-order chi connectivity index (χ0) is 50.7. The molecule has 0 radical (unpaired) electrons. The Bertz CT molecular complexity index is 2390. The Morgan fingerprint density at radius 2 is 0.667 bits per heavy atom. The predicted molar refractivity (Wildman–Crippen MR) is 251 cm³/mol. The quantitative estimate of drug-likeness (QED) is 0.108. The van der Waals surface area contributed by atoms with E-state index in [9.17, 15) is 48.6 Å². The number of hydrogen-bond acceptors (Lipinski definition) is 12. The van der Waals surface area contributed by atoms with Gasteiger partial charge in [0.2, 0.25) is 0 Å². The third-order valence-electron chi connectivity index (χ3n) is 26.2. The Morgan fingerprint density at radius 3 is 0.972 bits per heavy atom. The Balaban J connectivity index is 0.000000140. The number of methoxy groups -OCH3 is 2. The van der Waals surface area contributed by atoms with Gasteiger partial charge in [-0.05, 0) is 205 Å². The molecule has 392 valence electrons. The molecule has 72 heavy (non-hydrogen) atoms. The molecule has 34 atom stereocenters. The van der Waals surface area contributed by atoms with Gasteiger partial charge in [-0.15, -0.1) is 0 Å². The van der Waals surface area contributed by atoms with Crippen molar-refractivity contribution >= 4 is 47.8 Å². The molecule has 12 saturated carbocycles. The van der Waals surface area contributed by atoms with Crippen LogP contribution in [0.5, 0.6) is 0 Å². The first-order chi connectivity index (χ1) is 34.3. The molecule has 0 aromatic heterocycles. The van der Waals surface area contributed by atoms with Gasteiger partial charge in [-0.1, -0.05) is 41.5 Å². The summed E-state index contributed by atoms with van der Waals surface area (Å²) in [4.78, 5) is 103. The number of carboxylic acids is 2. The van der Waals surface area contributed by atoms with Crippen LogP contribution in [0.2, 0.25) is 0 Å². The smallest absolute Gasteiger partial charge is 0.317 e. The van der Waals surface area contributed by atoms with Crippen LogP contribution < -0.4 is 0 Å². The molecule has 2 N–H and O–H groups in total. The zero-order valence-corrected chi connectivity index (χ0v) is 43.1. The molecule has 12 bridgehead atoms. The topological polar surface area (TPSA) is 214 Å². The minimum absolute atomic E-state index is 0.0334. The molecule has 2 saturated heterocycles. The van der Waals surface area contributed by atoms with E-state index in [1.54, 1.807) is 0 Å². The second kappa shape index (κ2) is 16.3. The number of fused-ring (bicyclic) bond motifs is 22. The number of aliphatic carboxylic acids is 2. The standard InChI is InChI=1S/C30H40O7.C28H36O7/c1-10-6-13-7-14(10)11(2)19(13)25-26(30(34)37-29(25)33)20-12(3)15-8-16(20)22-18-9-17(21(15)22)23(27(31)35-4)24(18)28(32)36-5;1-8-4-11-5-12(8)9(2)17(11)23-24(28(34)35-27(23)33)18-10(3)13-6-14(18)20-16-7-15(19(13)20)21(25(29)30)22(16)26(31)32/h10-26H,6-9H2,1-5H3;8-24H,4-7H2,1-3H3,(H,29,30)(H,31,32). The van der Waals surface area contributed by atoms with E-state index in [0.29, 0.717) is 83.4 Å². The summed E-state index contributed by atoms with van der Waals surface area (Å²) in [6.07, 6.45) is 8.07. The summed E-state index contributed by atoms with van der Waals surface area (Å²) in [5, 5.41) is 19.9. The van der Waals surface area contributed by atoms with Gasteiger partial charge in [0.15, 0.2) is 0 Å². The molecule has 14 nitrogen and oxygen atoms in total. The minimum atomic E-state index is -0.992. The van der Waals surface area contributed by atoms with Crippen molar-refractivity contribution in [2.75, 3.05) is 14.2 Å². The second-order valence-corrected chi connectivity index (χ2v) is 27.5. The Hall–Kier alpha value is -3.84. The second-order valence-electron chi connectivity index (χ2n) is 27.5. The SMILES string of the molecule is CC1CC2CC1C(C)C2C1C(=O)OC(=O)C1C1C(C)C2CC1C1C3CC(C(C(=O)O)C3C(=O)O)C21.COC(=O)C1C2CC(C1C(=O)OC)C1C3CC(C(C)C3C3C(=O)OC(=O)C3C3C4CC(C)C(C4)C3C)C21. The van der Waals surface area contributed by atoms with Crippen molar-refractivity contribution in [3.05, 3.63) is 0 Å². The molecule has 12 aliphatic carbocycles. The molecular formula is C58H76O14. The highest BCUT2D eigenvalue weighted by Crippen LogP contribution is 2.77. The van der Waals surface area contributed by atoms with Crippen LogP contribution in [-0.2, 0) is 57.3 Å². The van der Waals surface area contributed by atoms with Crippen molar-refractivity contribution in [2.24, 2.45) is 201 Å². The van der Waals surface area contributed by atoms with Crippen molar-refractivity contribution < 1.29 is 67.5 Å². The van der Waals surface area contributed by atoms with Crippen molar-refractivity contribution in [1.82, 2.24) is 0 Å². The van der Waals surface area contributed by atoms with Crippen LogP contribution in [0.1, 0.15) is 92.9 Å². The van der Waals surface area contributed by atoms with E-state index in [2.05, 4.69) is 41.5 Å². The molecule has 14 heteroatoms. The summed E-state index contributed by atoms with van der Waals surface area (Å²) in [5.41, 5.74) is 0. The van der Waals surface area contributed by atoms with Gasteiger partial charge in [0.25, 0.3) is 0 Å². The van der Waals surface area contributed by atoms with E-state index in [4.69, 9.17) is 18.9 Å². The van der Waals surface area contributed by atoms with E-state index in [0.717, 1.165) is 38.5 Å². The number of cyclic esters (lactones) is 4. The average Bonchev–Trinajstić information content (AvgIpc) is 4.16. The normalized spacial score (nSPS) is 57.9. The van der Waals surface area contributed by atoms with Crippen LogP contribution >= 0.6 is 0 Å². The maximum absolute atomic E-state index is 13.4. The van der Waals surface area contributed by atoms with Gasteiger partial charge in [-0.3, -0.25) is 38.4 Å². The summed E-state index contributed by atoms with van der Waals surface area (Å²) in [5.74, 6) is -0.110. The largest absolute Gasteiger partial charge is 0.481 e. The first-order valence-corrected chi connectivity index (χ1v) is 28.4. The zero-order valence-electron chi connectivity index (χ0n) is 43.1. The molecule has 0 aromatic carbocycles. The van der Waals surface area contributed by atoms with Gasteiger partial charge < -0.3 is 29.2 Å². The van der Waals surface area contributed by atoms with E-state index in [1.807, 2.05) is 0 Å². The third kappa shape index (κ3) is 6.01. The van der Waals surface area contributed by atoms with Crippen LogP contribution in [0.25, 0.3) is 0 Å². The van der Waals surface area contributed by atoms with E-state index in [1.165, 1.54) is 20.6 Å². The van der Waals surface area contributed by atoms with Gasteiger partial charge in [0.1, 0.15) is 0 Å². The average molecular weight is 997 g/mol. The minimum Gasteiger partial charge on any atom is -0.481 e. The first-order valence-electron chi connectivity index (χ1n) is 28.4. The lowest BCUT2D eigenvalue weighted by Crippen LogP contribution is -2.50. The fourth-order valence-electron chi connectivity index (χ4n) is 24.8. The molecule has 14 aliphatic rings. The number of hydrogen-bond donors (Lipinski definition) is 2. The number of carbonyl (C=O) groups excluding carboxylic acids is 6. The van der Waals surface area contributed by atoms with Crippen LogP contribution in [0.15, 0.2) is 0 Å². The number of rotatable bonds is 8. The maximum atomic E-state index is 13.4. The van der Waals surface area contributed by atoms with Crippen LogP contribution in [-0.4, -0.2) is 72.2 Å². The van der Waals surface area contributed by atoms with Crippen LogP contribution in [0, 0.1) is 201 Å². The molecule has 0 spiro atoms. The summed E-state index contributed by atoms with van der Waals surface area (Å²) >= 11 is 0. The molecular weight excluding hydrogens is 921 g/mol. The molecule has 34 unspecified atom stereocenters. The van der Waals surface area contributed by atoms with Gasteiger partial charge in [0.05, 0.1) is 61.6 Å². The first kappa shape index (κ1) is 47.8. The molecule has 2 heterocycles. The lowest BCUT2D eigenvalue weighted by molar-refractivity contribution is -0.165. The molecule has 14 fully saturated rings. The highest BCUT2D eigenvalue weighted by Gasteiger charge is 2.76. The fraction of sp³-hybridized carbons (Fsp3) is 0.862. The lowest BCUT2D eigenvalue weighted by atomic mass is 9.55. The molecule has 0 amide bonds. The number of esters is 6. The Morgan fingerprint density at radius 1 is 0.375 bits per heavy atom. The van der Waals surface area contributed by atoms with Crippen molar-refractivity contribution in [3.8, 4) is 0 Å². The van der Waals surface area contributed by atoms with Crippen LogP contribution in [0.3, 0.4) is 0 Å². The Kier molecular flexibility index (Phi) is 10.9. The highest BCUT2D eigenvalue weighted by atomic mass is 16.6. The van der Waals surface area contributed by atoms with Crippen molar-refractivity contribution in [2.45, 2.75) is 92.9 Å². The molecule has 2 aliphatic heterocycles. The van der Waals surface area contributed by atoms with E-state index in [-0.39, 0.29) is 131 Å². The Labute approximate surface area is 422 Å². The highest BCUT2D eigenvalue weighted by molar-refractivity contribution is 5.98.